The van der Waals surface area contributed by atoms with Crippen molar-refractivity contribution < 1.29 is 9.21 Å². The third-order valence-corrected chi connectivity index (χ3v) is 5.93. The van der Waals surface area contributed by atoms with Gasteiger partial charge in [-0.3, -0.25) is 9.36 Å². The summed E-state index contributed by atoms with van der Waals surface area (Å²) < 4.78 is 7.82. The van der Waals surface area contributed by atoms with Crippen molar-refractivity contribution in [3.8, 4) is 10.6 Å². The smallest absolute Gasteiger partial charge is 0.408 e. The molecule has 6 nitrogen and oxygen atoms in total. The first-order chi connectivity index (χ1) is 14.7. The summed E-state index contributed by atoms with van der Waals surface area (Å²) >= 11 is 1.64. The predicted molar refractivity (Wildman–Crippen MR) is 119 cm³/mol. The molecule has 5 rings (SSSR count). The van der Waals surface area contributed by atoms with Crippen LogP contribution in [-0.4, -0.2) is 15.5 Å². The summed E-state index contributed by atoms with van der Waals surface area (Å²) in [5, 5.41) is 3.82. The zero-order chi connectivity index (χ0) is 20.5. The van der Waals surface area contributed by atoms with E-state index in [0.717, 1.165) is 20.8 Å². The molecule has 0 spiro atoms. The van der Waals surface area contributed by atoms with Gasteiger partial charge in [-0.25, -0.2) is 9.78 Å². The Morgan fingerprint density at radius 2 is 1.77 bits per heavy atom. The number of oxazole rings is 1. The van der Waals surface area contributed by atoms with Crippen LogP contribution >= 0.6 is 11.3 Å². The van der Waals surface area contributed by atoms with Gasteiger partial charge in [0.1, 0.15) is 5.01 Å². The van der Waals surface area contributed by atoms with Crippen LogP contribution in [0.5, 0.6) is 0 Å². The molecule has 1 amide bonds. The highest BCUT2D eigenvalue weighted by Crippen LogP contribution is 2.30. The molecule has 3 aromatic carbocycles. The van der Waals surface area contributed by atoms with Crippen molar-refractivity contribution in [2.24, 2.45) is 0 Å². The molecule has 30 heavy (non-hydrogen) atoms. The highest BCUT2D eigenvalue weighted by atomic mass is 32.1. The highest BCUT2D eigenvalue weighted by Gasteiger charge is 2.11. The van der Waals surface area contributed by atoms with E-state index in [9.17, 15) is 9.59 Å². The van der Waals surface area contributed by atoms with Crippen molar-refractivity contribution in [2.45, 2.75) is 13.0 Å². The van der Waals surface area contributed by atoms with Crippen LogP contribution in [-0.2, 0) is 11.3 Å². The molecule has 1 N–H and O–H groups in total. The van der Waals surface area contributed by atoms with Gasteiger partial charge in [0.25, 0.3) is 0 Å². The number of carbonyl (C=O) groups excluding carboxylic acids is 1. The van der Waals surface area contributed by atoms with E-state index in [2.05, 4.69) is 16.4 Å². The minimum absolute atomic E-state index is 0.167. The summed E-state index contributed by atoms with van der Waals surface area (Å²) in [6, 6.07) is 22.8. The molecule has 0 unspecified atom stereocenters. The molecule has 0 atom stereocenters. The van der Waals surface area contributed by atoms with E-state index in [0.29, 0.717) is 16.8 Å². The molecule has 0 aliphatic rings. The maximum absolute atomic E-state index is 12.4. The van der Waals surface area contributed by atoms with Crippen LogP contribution in [0.4, 0.5) is 5.69 Å². The maximum atomic E-state index is 12.4. The fourth-order valence-electron chi connectivity index (χ4n) is 3.35. The van der Waals surface area contributed by atoms with Gasteiger partial charge in [-0.15, -0.1) is 11.3 Å². The quantitative estimate of drug-likeness (QED) is 0.443. The number of fused-ring (bicyclic) bond motifs is 2. The van der Waals surface area contributed by atoms with Crippen molar-refractivity contribution in [3.63, 3.8) is 0 Å². The monoisotopic (exact) mass is 415 g/mol. The van der Waals surface area contributed by atoms with Crippen molar-refractivity contribution in [3.05, 3.63) is 83.3 Å². The number of aryl methyl sites for hydroxylation is 1. The second-order valence-electron chi connectivity index (χ2n) is 6.85. The first-order valence-electron chi connectivity index (χ1n) is 9.52. The average Bonchev–Trinajstić information content (AvgIpc) is 3.33. The Bertz CT molecular complexity index is 1380. The van der Waals surface area contributed by atoms with E-state index in [1.165, 1.54) is 4.57 Å². The molecule has 0 radical (unpaired) electrons. The van der Waals surface area contributed by atoms with Crippen LogP contribution in [0.3, 0.4) is 0 Å². The Labute approximate surface area is 175 Å². The predicted octanol–water partition coefficient (Wildman–Crippen LogP) is 4.90. The third kappa shape index (κ3) is 3.51. The minimum Gasteiger partial charge on any atom is -0.408 e. The largest absolute Gasteiger partial charge is 0.419 e. The average molecular weight is 415 g/mol. The summed E-state index contributed by atoms with van der Waals surface area (Å²) in [5.74, 6) is -0.621. The van der Waals surface area contributed by atoms with E-state index in [-0.39, 0.29) is 18.9 Å². The molecule has 148 valence electrons. The molecule has 0 aliphatic heterocycles. The summed E-state index contributed by atoms with van der Waals surface area (Å²) in [7, 11) is 0. The van der Waals surface area contributed by atoms with E-state index >= 15 is 0 Å². The van der Waals surface area contributed by atoms with Crippen LogP contribution in [0.2, 0.25) is 0 Å². The number of thiazole rings is 1. The van der Waals surface area contributed by atoms with E-state index in [1.807, 2.05) is 48.5 Å². The first kappa shape index (κ1) is 18.3. The molecular formula is C23H17N3O3S. The molecule has 0 aliphatic carbocycles. The summed E-state index contributed by atoms with van der Waals surface area (Å²) in [4.78, 5) is 29.0. The van der Waals surface area contributed by atoms with Crippen LogP contribution < -0.4 is 11.1 Å². The number of aromatic nitrogens is 2. The lowest BCUT2D eigenvalue weighted by Gasteiger charge is -2.06. The van der Waals surface area contributed by atoms with Crippen molar-refractivity contribution >= 4 is 44.2 Å². The maximum Gasteiger partial charge on any atom is 0.419 e. The van der Waals surface area contributed by atoms with Gasteiger partial charge in [0.05, 0.1) is 15.7 Å². The van der Waals surface area contributed by atoms with Crippen LogP contribution in [0.15, 0.2) is 82.0 Å². The van der Waals surface area contributed by atoms with Gasteiger partial charge in [0.2, 0.25) is 5.91 Å². The molecule has 2 heterocycles. The van der Waals surface area contributed by atoms with Gasteiger partial charge < -0.3 is 9.73 Å². The molecule has 5 aromatic rings. The van der Waals surface area contributed by atoms with Gasteiger partial charge in [0, 0.05) is 24.2 Å². The fourth-order valence-corrected chi connectivity index (χ4v) is 4.33. The van der Waals surface area contributed by atoms with Crippen molar-refractivity contribution in [2.75, 3.05) is 5.32 Å². The Balaban J connectivity index is 1.26. The normalized spacial score (nSPS) is 11.2. The lowest BCUT2D eigenvalue weighted by atomic mass is 10.2. The zero-order valence-electron chi connectivity index (χ0n) is 15.9. The number of amides is 1. The number of hydrogen-bond donors (Lipinski definition) is 1. The minimum atomic E-state index is -0.454. The number of hydrogen-bond acceptors (Lipinski definition) is 5. The second-order valence-corrected chi connectivity index (χ2v) is 7.88. The van der Waals surface area contributed by atoms with Gasteiger partial charge in [-0.1, -0.05) is 24.3 Å². The number of carbonyl (C=O) groups is 1. The Morgan fingerprint density at radius 1 is 1.00 bits per heavy atom. The lowest BCUT2D eigenvalue weighted by molar-refractivity contribution is -0.116. The number of rotatable bonds is 5. The second kappa shape index (κ2) is 7.61. The number of nitrogens with zero attached hydrogens (tertiary/aromatic N) is 2. The van der Waals surface area contributed by atoms with Crippen LogP contribution in [0.1, 0.15) is 6.42 Å². The van der Waals surface area contributed by atoms with Crippen molar-refractivity contribution in [1.82, 2.24) is 9.55 Å². The highest BCUT2D eigenvalue weighted by molar-refractivity contribution is 7.21. The summed E-state index contributed by atoms with van der Waals surface area (Å²) in [5.41, 5.74) is 3.90. The van der Waals surface area contributed by atoms with Gasteiger partial charge in [-0.2, -0.15) is 0 Å². The number of benzene rings is 3. The van der Waals surface area contributed by atoms with E-state index < -0.39 is 5.76 Å². The molecule has 0 saturated heterocycles. The number of anilines is 1. The Hall–Kier alpha value is -3.71. The molecule has 0 bridgehead atoms. The SMILES string of the molecule is O=C(CCn1c(=O)oc2ccccc21)Nc1ccc(-c2nc3ccccc3s2)cc1. The molecule has 7 heteroatoms. The van der Waals surface area contributed by atoms with E-state index in [1.54, 1.807) is 29.5 Å². The summed E-state index contributed by atoms with van der Waals surface area (Å²) in [6.07, 6.45) is 0.170. The summed E-state index contributed by atoms with van der Waals surface area (Å²) in [6.45, 7) is 0.255. The van der Waals surface area contributed by atoms with Gasteiger partial charge >= 0.3 is 5.76 Å². The molecule has 2 aromatic heterocycles. The lowest BCUT2D eigenvalue weighted by Crippen LogP contribution is -2.19. The molecule has 0 fully saturated rings. The van der Waals surface area contributed by atoms with Gasteiger partial charge in [0.15, 0.2) is 5.58 Å². The Kier molecular flexibility index (Phi) is 4.65. The zero-order valence-corrected chi connectivity index (χ0v) is 16.7. The number of nitrogens with one attached hydrogen (secondary N) is 1. The number of para-hydroxylation sites is 3. The fraction of sp³-hybridized carbons (Fsp3) is 0.0870. The van der Waals surface area contributed by atoms with Crippen LogP contribution in [0, 0.1) is 0 Å². The van der Waals surface area contributed by atoms with Gasteiger partial charge in [-0.05, 0) is 48.5 Å². The molecule has 0 saturated carbocycles. The topological polar surface area (TPSA) is 77.1 Å². The standard InChI is InChI=1S/C23H17N3O3S/c27-21(13-14-26-18-6-2-3-7-19(18)29-23(26)28)24-16-11-9-15(10-12-16)22-25-17-5-1-4-8-20(17)30-22/h1-12H,13-14H2,(H,24,27). The van der Waals surface area contributed by atoms with E-state index in [4.69, 9.17) is 4.42 Å². The third-order valence-electron chi connectivity index (χ3n) is 4.85. The molecular weight excluding hydrogens is 398 g/mol. The Morgan fingerprint density at radius 3 is 2.60 bits per heavy atom. The van der Waals surface area contributed by atoms with Crippen molar-refractivity contribution in [1.29, 1.82) is 0 Å². The first-order valence-corrected chi connectivity index (χ1v) is 10.3. The van der Waals surface area contributed by atoms with Crippen LogP contribution in [0.25, 0.3) is 31.9 Å².